The molecule has 102 valence electrons. The minimum Gasteiger partial charge on any atom is -0.493 e. The molecule has 0 saturated carbocycles. The van der Waals surface area contributed by atoms with Crippen LogP contribution in [0.5, 0.6) is 11.5 Å². The van der Waals surface area contributed by atoms with Crippen LogP contribution in [-0.2, 0) is 4.74 Å². The summed E-state index contributed by atoms with van der Waals surface area (Å²) in [7, 11) is 3.35. The lowest BCUT2D eigenvalue weighted by molar-refractivity contribution is 0.169. The second kappa shape index (κ2) is 7.95. The van der Waals surface area contributed by atoms with Gasteiger partial charge in [-0.15, -0.1) is 0 Å². The third-order valence-corrected chi connectivity index (χ3v) is 2.59. The first-order chi connectivity index (χ1) is 8.67. The summed E-state index contributed by atoms with van der Waals surface area (Å²) in [6.07, 6.45) is 0. The Balaban J connectivity index is 2.35. The molecule has 4 nitrogen and oxygen atoms in total. The van der Waals surface area contributed by atoms with Gasteiger partial charge in [0.25, 0.3) is 0 Å². The summed E-state index contributed by atoms with van der Waals surface area (Å²) in [5, 5.41) is 3.31. The van der Waals surface area contributed by atoms with Crippen molar-refractivity contribution in [1.82, 2.24) is 5.32 Å². The number of methoxy groups -OCH3 is 2. The summed E-state index contributed by atoms with van der Waals surface area (Å²) in [6, 6.07) is 6.25. The largest absolute Gasteiger partial charge is 0.493 e. The normalized spacial score (nSPS) is 12.2. The van der Waals surface area contributed by atoms with E-state index >= 15 is 0 Å². The van der Waals surface area contributed by atoms with Crippen LogP contribution < -0.4 is 14.8 Å². The predicted molar refractivity (Wildman–Crippen MR) is 72.6 cm³/mol. The van der Waals surface area contributed by atoms with Crippen molar-refractivity contribution in [1.29, 1.82) is 0 Å². The summed E-state index contributed by atoms with van der Waals surface area (Å²) in [5.74, 6) is 1.56. The van der Waals surface area contributed by atoms with Gasteiger partial charge in [-0.05, 0) is 31.5 Å². The molecule has 0 amide bonds. The first-order valence-corrected chi connectivity index (χ1v) is 6.17. The van der Waals surface area contributed by atoms with Crippen molar-refractivity contribution in [2.45, 2.75) is 19.9 Å². The molecule has 1 rings (SSSR count). The van der Waals surface area contributed by atoms with E-state index in [2.05, 4.69) is 12.2 Å². The molecule has 0 bridgehead atoms. The molecule has 18 heavy (non-hydrogen) atoms. The van der Waals surface area contributed by atoms with Crippen LogP contribution in [0.4, 0.5) is 0 Å². The lowest BCUT2D eigenvalue weighted by atomic mass is 10.2. The number of rotatable bonds is 8. The van der Waals surface area contributed by atoms with Crippen LogP contribution in [0.1, 0.15) is 12.5 Å². The van der Waals surface area contributed by atoms with Crippen LogP contribution >= 0.6 is 0 Å². The van der Waals surface area contributed by atoms with Gasteiger partial charge in [-0.1, -0.05) is 6.07 Å². The fraction of sp³-hybridized carbons (Fsp3) is 0.571. The van der Waals surface area contributed by atoms with Crippen LogP contribution in [0.2, 0.25) is 0 Å². The van der Waals surface area contributed by atoms with Gasteiger partial charge in [-0.25, -0.2) is 0 Å². The van der Waals surface area contributed by atoms with E-state index < -0.39 is 0 Å². The van der Waals surface area contributed by atoms with E-state index in [9.17, 15) is 0 Å². The fourth-order valence-corrected chi connectivity index (χ4v) is 1.67. The number of nitrogens with one attached hydrogen (secondary N) is 1. The maximum Gasteiger partial charge on any atom is 0.161 e. The molecule has 1 N–H and O–H groups in total. The number of benzene rings is 1. The molecule has 0 radical (unpaired) electrons. The van der Waals surface area contributed by atoms with E-state index in [0.29, 0.717) is 19.3 Å². The van der Waals surface area contributed by atoms with Gasteiger partial charge in [0.15, 0.2) is 11.5 Å². The van der Waals surface area contributed by atoms with Gasteiger partial charge in [0.05, 0.1) is 13.7 Å². The molecule has 1 aromatic carbocycles. The maximum absolute atomic E-state index is 5.68. The molecule has 0 spiro atoms. The molecule has 0 aliphatic rings. The van der Waals surface area contributed by atoms with Crippen molar-refractivity contribution in [2.75, 3.05) is 34.0 Å². The molecule has 4 heteroatoms. The molecule has 1 unspecified atom stereocenters. The first-order valence-electron chi connectivity index (χ1n) is 6.17. The standard InChI is InChI=1S/C14H23NO3/c1-11-5-6-13(14(9-11)17-4)18-8-7-15-12(2)10-16-3/h5-6,9,12,15H,7-8,10H2,1-4H3. The molecular weight excluding hydrogens is 230 g/mol. The van der Waals surface area contributed by atoms with Gasteiger partial charge >= 0.3 is 0 Å². The number of hydrogen-bond donors (Lipinski definition) is 1. The summed E-state index contributed by atoms with van der Waals surface area (Å²) >= 11 is 0. The third-order valence-electron chi connectivity index (χ3n) is 2.59. The Hall–Kier alpha value is -1.26. The van der Waals surface area contributed by atoms with Crippen molar-refractivity contribution in [3.05, 3.63) is 23.8 Å². The number of hydrogen-bond acceptors (Lipinski definition) is 4. The quantitative estimate of drug-likeness (QED) is 0.719. The molecule has 0 aliphatic heterocycles. The minimum atomic E-state index is 0.332. The van der Waals surface area contributed by atoms with Gasteiger partial charge in [-0.2, -0.15) is 0 Å². The lowest BCUT2D eigenvalue weighted by Gasteiger charge is -2.14. The second-order valence-corrected chi connectivity index (χ2v) is 4.31. The summed E-state index contributed by atoms with van der Waals surface area (Å²) in [6.45, 7) is 6.19. The zero-order chi connectivity index (χ0) is 13.4. The van der Waals surface area contributed by atoms with Crippen molar-refractivity contribution in [3.8, 4) is 11.5 Å². The van der Waals surface area contributed by atoms with Crippen molar-refractivity contribution in [3.63, 3.8) is 0 Å². The average Bonchev–Trinajstić information content (AvgIpc) is 2.36. The fourth-order valence-electron chi connectivity index (χ4n) is 1.67. The zero-order valence-corrected chi connectivity index (χ0v) is 11.7. The molecule has 0 heterocycles. The Bertz CT molecular complexity index is 355. The smallest absolute Gasteiger partial charge is 0.161 e. The van der Waals surface area contributed by atoms with E-state index in [-0.39, 0.29) is 0 Å². The van der Waals surface area contributed by atoms with E-state index in [1.54, 1.807) is 14.2 Å². The van der Waals surface area contributed by atoms with Crippen LogP contribution in [0.25, 0.3) is 0 Å². The van der Waals surface area contributed by atoms with E-state index in [0.717, 1.165) is 23.6 Å². The minimum absolute atomic E-state index is 0.332. The molecule has 1 atom stereocenters. The van der Waals surface area contributed by atoms with Gasteiger partial charge in [0, 0.05) is 19.7 Å². The predicted octanol–water partition coefficient (Wildman–Crippen LogP) is 2.01. The Morgan fingerprint density at radius 1 is 1.22 bits per heavy atom. The highest BCUT2D eigenvalue weighted by atomic mass is 16.5. The van der Waals surface area contributed by atoms with Gasteiger partial charge in [0.2, 0.25) is 0 Å². The van der Waals surface area contributed by atoms with Crippen molar-refractivity contribution >= 4 is 0 Å². The second-order valence-electron chi connectivity index (χ2n) is 4.31. The van der Waals surface area contributed by atoms with Crippen LogP contribution in [-0.4, -0.2) is 40.0 Å². The Morgan fingerprint density at radius 2 is 2.00 bits per heavy atom. The molecule has 0 fully saturated rings. The molecule has 0 saturated heterocycles. The Kier molecular flexibility index (Phi) is 6.54. The van der Waals surface area contributed by atoms with Crippen LogP contribution in [0.15, 0.2) is 18.2 Å². The third kappa shape index (κ3) is 4.94. The van der Waals surface area contributed by atoms with Gasteiger partial charge < -0.3 is 19.5 Å². The molecule has 0 aromatic heterocycles. The highest BCUT2D eigenvalue weighted by Gasteiger charge is 2.04. The summed E-state index contributed by atoms with van der Waals surface area (Å²) < 4.78 is 16.0. The van der Waals surface area contributed by atoms with E-state index in [4.69, 9.17) is 14.2 Å². The molecule has 1 aromatic rings. The Labute approximate surface area is 109 Å². The molecular formula is C14H23NO3. The molecule has 0 aliphatic carbocycles. The lowest BCUT2D eigenvalue weighted by Crippen LogP contribution is -2.33. The van der Waals surface area contributed by atoms with Crippen LogP contribution in [0.3, 0.4) is 0 Å². The highest BCUT2D eigenvalue weighted by Crippen LogP contribution is 2.27. The van der Waals surface area contributed by atoms with E-state index in [1.165, 1.54) is 0 Å². The SMILES string of the molecule is COCC(C)NCCOc1ccc(C)cc1OC. The van der Waals surface area contributed by atoms with E-state index in [1.807, 2.05) is 25.1 Å². The van der Waals surface area contributed by atoms with Gasteiger partial charge in [0.1, 0.15) is 6.61 Å². The number of aryl methyl sites for hydroxylation is 1. The zero-order valence-electron chi connectivity index (χ0n) is 11.7. The van der Waals surface area contributed by atoms with Crippen molar-refractivity contribution in [2.24, 2.45) is 0 Å². The van der Waals surface area contributed by atoms with Crippen molar-refractivity contribution < 1.29 is 14.2 Å². The van der Waals surface area contributed by atoms with Gasteiger partial charge in [-0.3, -0.25) is 0 Å². The number of ether oxygens (including phenoxy) is 3. The maximum atomic E-state index is 5.68. The summed E-state index contributed by atoms with van der Waals surface area (Å²) in [4.78, 5) is 0. The summed E-state index contributed by atoms with van der Waals surface area (Å²) in [5.41, 5.74) is 1.16. The highest BCUT2D eigenvalue weighted by molar-refractivity contribution is 5.42. The Morgan fingerprint density at radius 3 is 2.67 bits per heavy atom. The topological polar surface area (TPSA) is 39.7 Å². The first kappa shape index (κ1) is 14.8. The van der Waals surface area contributed by atoms with Crippen LogP contribution in [0, 0.1) is 6.92 Å². The average molecular weight is 253 g/mol. The monoisotopic (exact) mass is 253 g/mol.